The minimum atomic E-state index is 0.0874. The van der Waals surface area contributed by atoms with E-state index in [0.717, 1.165) is 62.5 Å². The number of fused-ring (bicyclic) bond motifs is 1. The summed E-state index contributed by atoms with van der Waals surface area (Å²) in [5.41, 5.74) is 2.59. The van der Waals surface area contributed by atoms with Gasteiger partial charge < -0.3 is 9.64 Å². The van der Waals surface area contributed by atoms with Crippen LogP contribution in [0.1, 0.15) is 46.8 Å². The number of nitrogens with zero attached hydrogens (tertiary/aromatic N) is 4. The standard InChI is InChI=1S/C22H30N4O2S/c1-16(2)26-15-20-19(22(26)27)12-17(21(23-20)28-3)13-24-7-5-8-25(10-9-24)14-18-6-4-11-29-18/h4,6,11-12,16H,5,7-10,13-15H2,1-3H3. The van der Waals surface area contributed by atoms with Crippen molar-refractivity contribution < 1.29 is 9.53 Å². The summed E-state index contributed by atoms with van der Waals surface area (Å²) in [6.45, 7) is 10.7. The molecule has 29 heavy (non-hydrogen) atoms. The molecule has 0 saturated carbocycles. The predicted octanol–water partition coefficient (Wildman–Crippen LogP) is 3.22. The first-order chi connectivity index (χ1) is 14.0. The van der Waals surface area contributed by atoms with Crippen molar-refractivity contribution in [3.63, 3.8) is 0 Å². The summed E-state index contributed by atoms with van der Waals surface area (Å²) in [7, 11) is 1.67. The fraction of sp³-hybridized carbons (Fsp3) is 0.545. The highest BCUT2D eigenvalue weighted by Crippen LogP contribution is 2.29. The van der Waals surface area contributed by atoms with Crippen LogP contribution < -0.4 is 4.74 Å². The molecular formula is C22H30N4O2S. The van der Waals surface area contributed by atoms with Crippen molar-refractivity contribution in [2.75, 3.05) is 33.3 Å². The van der Waals surface area contributed by atoms with E-state index in [1.54, 1.807) is 7.11 Å². The van der Waals surface area contributed by atoms with Crippen molar-refractivity contribution in [1.82, 2.24) is 19.7 Å². The molecule has 0 unspecified atom stereocenters. The lowest BCUT2D eigenvalue weighted by atomic mass is 10.1. The molecule has 1 saturated heterocycles. The second-order valence-corrected chi connectivity index (χ2v) is 9.20. The van der Waals surface area contributed by atoms with Gasteiger partial charge in [-0.2, -0.15) is 0 Å². The summed E-state index contributed by atoms with van der Waals surface area (Å²) in [6.07, 6.45) is 1.14. The Bertz CT molecular complexity index is 853. The topological polar surface area (TPSA) is 48.9 Å². The first-order valence-corrected chi connectivity index (χ1v) is 11.3. The number of hydrogen-bond acceptors (Lipinski definition) is 6. The minimum absolute atomic E-state index is 0.0874. The molecule has 4 rings (SSSR count). The Morgan fingerprint density at radius 1 is 1.17 bits per heavy atom. The molecule has 1 amide bonds. The molecule has 0 aliphatic carbocycles. The Kier molecular flexibility index (Phi) is 6.18. The zero-order valence-corrected chi connectivity index (χ0v) is 18.4. The smallest absolute Gasteiger partial charge is 0.256 e. The van der Waals surface area contributed by atoms with Gasteiger partial charge in [0.1, 0.15) is 0 Å². The third-order valence-electron chi connectivity index (χ3n) is 5.80. The number of hydrogen-bond donors (Lipinski definition) is 0. The minimum Gasteiger partial charge on any atom is -0.481 e. The van der Waals surface area contributed by atoms with Gasteiger partial charge in [-0.05, 0) is 50.9 Å². The SMILES string of the molecule is COc1nc2c(cc1CN1CCCN(Cc3cccs3)CC1)C(=O)N(C(C)C)C2. The molecule has 0 atom stereocenters. The van der Waals surface area contributed by atoms with Gasteiger partial charge >= 0.3 is 0 Å². The molecular weight excluding hydrogens is 384 g/mol. The van der Waals surface area contributed by atoms with E-state index in [2.05, 4.69) is 32.3 Å². The Hall–Kier alpha value is -1.96. The van der Waals surface area contributed by atoms with E-state index >= 15 is 0 Å². The van der Waals surface area contributed by atoms with Crippen LogP contribution in [0.5, 0.6) is 5.88 Å². The van der Waals surface area contributed by atoms with Crippen molar-refractivity contribution in [2.24, 2.45) is 0 Å². The molecule has 2 aromatic rings. The molecule has 0 bridgehead atoms. The van der Waals surface area contributed by atoms with Crippen LogP contribution in [-0.4, -0.2) is 64.9 Å². The van der Waals surface area contributed by atoms with Crippen LogP contribution in [0.4, 0.5) is 0 Å². The van der Waals surface area contributed by atoms with E-state index in [1.807, 2.05) is 36.2 Å². The highest BCUT2D eigenvalue weighted by atomic mass is 32.1. The van der Waals surface area contributed by atoms with Crippen LogP contribution >= 0.6 is 11.3 Å². The van der Waals surface area contributed by atoms with Crippen molar-refractivity contribution in [2.45, 2.75) is 45.9 Å². The number of aromatic nitrogens is 1. The zero-order chi connectivity index (χ0) is 20.4. The number of rotatable bonds is 6. The van der Waals surface area contributed by atoms with E-state index in [-0.39, 0.29) is 11.9 Å². The van der Waals surface area contributed by atoms with Gasteiger partial charge in [-0.25, -0.2) is 4.98 Å². The van der Waals surface area contributed by atoms with Crippen molar-refractivity contribution >= 4 is 17.2 Å². The van der Waals surface area contributed by atoms with Crippen LogP contribution in [0, 0.1) is 0 Å². The molecule has 0 spiro atoms. The molecule has 156 valence electrons. The van der Waals surface area contributed by atoms with Gasteiger partial charge in [0.2, 0.25) is 5.88 Å². The molecule has 2 aromatic heterocycles. The number of pyridine rings is 1. The number of carbonyl (C=O) groups excluding carboxylic acids is 1. The van der Waals surface area contributed by atoms with Crippen molar-refractivity contribution in [1.29, 1.82) is 0 Å². The summed E-state index contributed by atoms with van der Waals surface area (Å²) in [5.74, 6) is 0.742. The molecule has 6 nitrogen and oxygen atoms in total. The van der Waals surface area contributed by atoms with Gasteiger partial charge in [-0.1, -0.05) is 6.07 Å². The lowest BCUT2D eigenvalue weighted by Crippen LogP contribution is -2.31. The fourth-order valence-electron chi connectivity index (χ4n) is 4.18. The summed E-state index contributed by atoms with van der Waals surface area (Å²) in [6, 6.07) is 6.52. The molecule has 2 aliphatic heterocycles. The van der Waals surface area contributed by atoms with E-state index in [4.69, 9.17) is 4.74 Å². The Morgan fingerprint density at radius 2 is 1.93 bits per heavy atom. The number of ether oxygens (including phenoxy) is 1. The largest absolute Gasteiger partial charge is 0.481 e. The summed E-state index contributed by atoms with van der Waals surface area (Å²) >= 11 is 1.83. The van der Waals surface area contributed by atoms with E-state index in [9.17, 15) is 4.79 Å². The maximum absolute atomic E-state index is 12.8. The predicted molar refractivity (Wildman–Crippen MR) is 115 cm³/mol. The molecule has 0 aromatic carbocycles. The highest BCUT2D eigenvalue weighted by Gasteiger charge is 2.32. The van der Waals surface area contributed by atoms with Gasteiger partial charge in [-0.3, -0.25) is 14.6 Å². The van der Waals surface area contributed by atoms with Gasteiger partial charge in [0, 0.05) is 42.7 Å². The third-order valence-corrected chi connectivity index (χ3v) is 6.66. The summed E-state index contributed by atoms with van der Waals surface area (Å²) in [4.78, 5) is 25.7. The zero-order valence-electron chi connectivity index (χ0n) is 17.6. The Labute approximate surface area is 177 Å². The van der Waals surface area contributed by atoms with Gasteiger partial charge in [0.05, 0.1) is 24.9 Å². The van der Waals surface area contributed by atoms with Gasteiger partial charge in [-0.15, -0.1) is 11.3 Å². The highest BCUT2D eigenvalue weighted by molar-refractivity contribution is 7.09. The average molecular weight is 415 g/mol. The molecule has 0 radical (unpaired) electrons. The second kappa shape index (κ2) is 8.81. The van der Waals surface area contributed by atoms with Crippen LogP contribution in [0.25, 0.3) is 0 Å². The number of thiophene rings is 1. The monoisotopic (exact) mass is 414 g/mol. The first-order valence-electron chi connectivity index (χ1n) is 10.4. The maximum Gasteiger partial charge on any atom is 0.256 e. The molecule has 2 aliphatic rings. The first kappa shape index (κ1) is 20.3. The summed E-state index contributed by atoms with van der Waals surface area (Å²) in [5, 5.41) is 2.15. The average Bonchev–Trinajstić information content (AvgIpc) is 3.26. The van der Waals surface area contributed by atoms with Crippen molar-refractivity contribution in [3.05, 3.63) is 45.3 Å². The van der Waals surface area contributed by atoms with Crippen LogP contribution in [-0.2, 0) is 19.6 Å². The fourth-order valence-corrected chi connectivity index (χ4v) is 4.93. The van der Waals surface area contributed by atoms with Gasteiger partial charge in [0.25, 0.3) is 5.91 Å². The molecule has 4 heterocycles. The lowest BCUT2D eigenvalue weighted by molar-refractivity contribution is 0.0730. The number of amides is 1. The molecule has 0 N–H and O–H groups in total. The molecule has 7 heteroatoms. The number of methoxy groups -OCH3 is 1. The lowest BCUT2D eigenvalue weighted by Gasteiger charge is -2.22. The van der Waals surface area contributed by atoms with Crippen molar-refractivity contribution in [3.8, 4) is 5.88 Å². The maximum atomic E-state index is 12.8. The van der Waals surface area contributed by atoms with Gasteiger partial charge in [0.15, 0.2) is 0 Å². The normalized spacial score (nSPS) is 18.3. The Morgan fingerprint density at radius 3 is 2.59 bits per heavy atom. The summed E-state index contributed by atoms with van der Waals surface area (Å²) < 4.78 is 5.59. The number of carbonyl (C=O) groups is 1. The third kappa shape index (κ3) is 4.47. The quantitative estimate of drug-likeness (QED) is 0.726. The van der Waals surface area contributed by atoms with E-state index in [0.29, 0.717) is 12.4 Å². The molecule has 1 fully saturated rings. The van der Waals surface area contributed by atoms with Crippen LogP contribution in [0.2, 0.25) is 0 Å². The van der Waals surface area contributed by atoms with E-state index < -0.39 is 0 Å². The van der Waals surface area contributed by atoms with E-state index in [1.165, 1.54) is 4.88 Å². The van der Waals surface area contributed by atoms with Crippen LogP contribution in [0.15, 0.2) is 23.6 Å². The van der Waals surface area contributed by atoms with Crippen LogP contribution in [0.3, 0.4) is 0 Å². The Balaban J connectivity index is 1.45. The second-order valence-electron chi connectivity index (χ2n) is 8.16.